The molecule has 2 aliphatic rings. The van der Waals surface area contributed by atoms with Crippen molar-refractivity contribution in [2.75, 3.05) is 47.4 Å². The van der Waals surface area contributed by atoms with E-state index in [1.54, 1.807) is 14.2 Å². The third-order valence-electron chi connectivity index (χ3n) is 6.92. The van der Waals surface area contributed by atoms with Crippen LogP contribution in [0.25, 0.3) is 22.6 Å². The van der Waals surface area contributed by atoms with Gasteiger partial charge in [-0.15, -0.1) is 0 Å². The minimum atomic E-state index is 0.135. The predicted octanol–water partition coefficient (Wildman–Crippen LogP) is 4.52. The van der Waals surface area contributed by atoms with E-state index < -0.39 is 0 Å². The van der Waals surface area contributed by atoms with Gasteiger partial charge >= 0.3 is 0 Å². The Morgan fingerprint density at radius 1 is 0.971 bits per heavy atom. The molecule has 0 atom stereocenters. The molecule has 3 aromatic rings. The summed E-state index contributed by atoms with van der Waals surface area (Å²) in [6.07, 6.45) is 4.96. The Kier molecular flexibility index (Phi) is 6.24. The molecule has 1 saturated heterocycles. The number of nitrogens with zero attached hydrogens (tertiary/aromatic N) is 3. The van der Waals surface area contributed by atoms with Crippen LogP contribution in [0.5, 0.6) is 11.5 Å². The average Bonchev–Trinajstić information content (AvgIpc) is 2.87. The fourth-order valence-electron chi connectivity index (χ4n) is 5.03. The smallest absolute Gasteiger partial charge is 0.254 e. The highest BCUT2D eigenvalue weighted by Crippen LogP contribution is 2.37. The predicted molar refractivity (Wildman–Crippen MR) is 135 cm³/mol. The number of piperazine rings is 1. The van der Waals surface area contributed by atoms with Crippen molar-refractivity contribution in [1.29, 1.82) is 0 Å². The van der Waals surface area contributed by atoms with Crippen molar-refractivity contribution in [1.82, 2.24) is 14.8 Å². The van der Waals surface area contributed by atoms with Gasteiger partial charge < -0.3 is 19.3 Å². The van der Waals surface area contributed by atoms with Gasteiger partial charge in [-0.1, -0.05) is 24.3 Å². The molecule has 1 fully saturated rings. The highest BCUT2D eigenvalue weighted by molar-refractivity contribution is 6.09. The maximum absolute atomic E-state index is 13.8. The lowest BCUT2D eigenvalue weighted by molar-refractivity contribution is 0.0665. The van der Waals surface area contributed by atoms with Crippen molar-refractivity contribution >= 4 is 28.5 Å². The van der Waals surface area contributed by atoms with Crippen LogP contribution < -0.4 is 9.47 Å². The van der Waals surface area contributed by atoms with E-state index in [2.05, 4.69) is 18.0 Å². The summed E-state index contributed by atoms with van der Waals surface area (Å²) in [6, 6.07) is 14.0. The molecular weight excluding hydrogens is 426 g/mol. The molecule has 34 heavy (non-hydrogen) atoms. The molecule has 1 aliphatic heterocycles. The summed E-state index contributed by atoms with van der Waals surface area (Å²) in [6.45, 7) is 3.33. The second-order valence-electron chi connectivity index (χ2n) is 9.06. The standard InChI is InChI=1S/C28H31N3O3/c1-30-13-15-31(16-14-30)28(32)26-21-8-4-5-10-23(21)29-27-20(7-6-9-22(26)27)17-19-11-12-24(33-2)25(18-19)34-3/h4-5,8,10-12,17-18H,6-7,9,13-16H2,1-3H3/b20-17+. The normalized spacial score (nSPS) is 17.6. The number of carbonyl (C=O) groups excluding carboxylic acids is 1. The molecule has 0 bridgehead atoms. The second-order valence-corrected chi connectivity index (χ2v) is 9.06. The summed E-state index contributed by atoms with van der Waals surface area (Å²) in [5, 5.41) is 0.956. The Labute approximate surface area is 200 Å². The highest BCUT2D eigenvalue weighted by Gasteiger charge is 2.29. The molecular formula is C28H31N3O3. The number of benzene rings is 2. The number of likely N-dealkylation sites (N-methyl/N-ethyl adjacent to an activating group) is 1. The zero-order valence-corrected chi connectivity index (χ0v) is 20.1. The Morgan fingerprint density at radius 2 is 1.74 bits per heavy atom. The first-order valence-electron chi connectivity index (χ1n) is 11.9. The van der Waals surface area contributed by atoms with Crippen LogP contribution in [0.15, 0.2) is 42.5 Å². The molecule has 5 rings (SSSR count). The number of hydrogen-bond acceptors (Lipinski definition) is 5. The number of aromatic nitrogens is 1. The van der Waals surface area contributed by atoms with Crippen molar-refractivity contribution in [2.45, 2.75) is 19.3 Å². The van der Waals surface area contributed by atoms with E-state index in [9.17, 15) is 4.79 Å². The Morgan fingerprint density at radius 3 is 2.50 bits per heavy atom. The minimum Gasteiger partial charge on any atom is -0.493 e. The molecule has 1 aromatic heterocycles. The third-order valence-corrected chi connectivity index (χ3v) is 6.92. The van der Waals surface area contributed by atoms with Gasteiger partial charge in [-0.3, -0.25) is 4.79 Å². The summed E-state index contributed by atoms with van der Waals surface area (Å²) in [5.74, 6) is 1.54. The summed E-state index contributed by atoms with van der Waals surface area (Å²) in [5.41, 5.74) is 5.94. The van der Waals surface area contributed by atoms with Crippen LogP contribution in [0, 0.1) is 0 Å². The fraction of sp³-hybridized carbons (Fsp3) is 0.357. The van der Waals surface area contributed by atoms with Gasteiger partial charge in [-0.05, 0) is 67.3 Å². The van der Waals surface area contributed by atoms with Gasteiger partial charge in [-0.25, -0.2) is 4.98 Å². The lowest BCUT2D eigenvalue weighted by Gasteiger charge is -2.33. The van der Waals surface area contributed by atoms with Crippen molar-refractivity contribution < 1.29 is 14.3 Å². The van der Waals surface area contributed by atoms with Gasteiger partial charge in [0, 0.05) is 31.6 Å². The first-order chi connectivity index (χ1) is 16.6. The first-order valence-corrected chi connectivity index (χ1v) is 11.9. The van der Waals surface area contributed by atoms with E-state index in [0.717, 1.165) is 84.3 Å². The van der Waals surface area contributed by atoms with Crippen molar-refractivity contribution in [3.05, 3.63) is 64.8 Å². The van der Waals surface area contributed by atoms with Crippen LogP contribution in [0.4, 0.5) is 0 Å². The highest BCUT2D eigenvalue weighted by atomic mass is 16.5. The van der Waals surface area contributed by atoms with Crippen LogP contribution in [-0.4, -0.2) is 68.1 Å². The number of allylic oxidation sites excluding steroid dienone is 1. The molecule has 0 radical (unpaired) electrons. The molecule has 6 heteroatoms. The van der Waals surface area contributed by atoms with E-state index in [4.69, 9.17) is 14.5 Å². The lowest BCUT2D eigenvalue weighted by Crippen LogP contribution is -2.47. The number of para-hydroxylation sites is 1. The van der Waals surface area contributed by atoms with Gasteiger partial charge in [0.1, 0.15) is 0 Å². The SMILES string of the molecule is COc1ccc(/C=C2\CCCc3c2nc2ccccc2c3C(=O)N2CCN(C)CC2)cc1OC. The van der Waals surface area contributed by atoms with E-state index >= 15 is 0 Å². The molecule has 0 N–H and O–H groups in total. The van der Waals surface area contributed by atoms with Gasteiger partial charge in [0.15, 0.2) is 11.5 Å². The quantitative estimate of drug-likeness (QED) is 0.577. The third kappa shape index (κ3) is 4.14. The molecule has 1 aliphatic carbocycles. The van der Waals surface area contributed by atoms with Crippen LogP contribution in [0.2, 0.25) is 0 Å². The molecule has 2 aromatic carbocycles. The summed E-state index contributed by atoms with van der Waals surface area (Å²) < 4.78 is 10.9. The van der Waals surface area contributed by atoms with Gasteiger partial charge in [0.25, 0.3) is 5.91 Å². The topological polar surface area (TPSA) is 54.9 Å². The number of methoxy groups -OCH3 is 2. The van der Waals surface area contributed by atoms with Crippen LogP contribution >= 0.6 is 0 Å². The zero-order chi connectivity index (χ0) is 23.7. The van der Waals surface area contributed by atoms with E-state index in [0.29, 0.717) is 11.5 Å². The van der Waals surface area contributed by atoms with Crippen molar-refractivity contribution in [3.63, 3.8) is 0 Å². The first kappa shape index (κ1) is 22.4. The van der Waals surface area contributed by atoms with E-state index in [-0.39, 0.29) is 5.91 Å². The lowest BCUT2D eigenvalue weighted by atomic mass is 9.85. The minimum absolute atomic E-state index is 0.135. The summed E-state index contributed by atoms with van der Waals surface area (Å²) >= 11 is 0. The molecule has 176 valence electrons. The molecule has 0 spiro atoms. The van der Waals surface area contributed by atoms with E-state index in [1.807, 2.05) is 47.4 Å². The van der Waals surface area contributed by atoms with Gasteiger partial charge in [-0.2, -0.15) is 0 Å². The number of rotatable bonds is 4. The average molecular weight is 458 g/mol. The molecule has 6 nitrogen and oxygen atoms in total. The van der Waals surface area contributed by atoms with Gasteiger partial charge in [0.05, 0.1) is 31.0 Å². The Bertz CT molecular complexity index is 1260. The Hall–Kier alpha value is -3.38. The second kappa shape index (κ2) is 9.47. The van der Waals surface area contributed by atoms with Crippen molar-refractivity contribution in [3.8, 4) is 11.5 Å². The maximum Gasteiger partial charge on any atom is 0.254 e. The monoisotopic (exact) mass is 457 g/mol. The number of ether oxygens (including phenoxy) is 2. The zero-order valence-electron chi connectivity index (χ0n) is 20.1. The summed E-state index contributed by atoms with van der Waals surface area (Å²) in [4.78, 5) is 23.2. The number of pyridine rings is 1. The number of carbonyl (C=O) groups is 1. The Balaban J connectivity index is 1.62. The number of hydrogen-bond donors (Lipinski definition) is 0. The van der Waals surface area contributed by atoms with E-state index in [1.165, 1.54) is 0 Å². The molecule has 0 unspecified atom stereocenters. The summed E-state index contributed by atoms with van der Waals surface area (Å²) in [7, 11) is 5.40. The molecule has 2 heterocycles. The molecule has 1 amide bonds. The number of amides is 1. The van der Waals surface area contributed by atoms with Crippen LogP contribution in [0.1, 0.15) is 40.0 Å². The van der Waals surface area contributed by atoms with Crippen LogP contribution in [-0.2, 0) is 6.42 Å². The number of fused-ring (bicyclic) bond motifs is 2. The molecule has 0 saturated carbocycles. The van der Waals surface area contributed by atoms with Gasteiger partial charge in [0.2, 0.25) is 0 Å². The largest absolute Gasteiger partial charge is 0.493 e. The van der Waals surface area contributed by atoms with Crippen LogP contribution in [0.3, 0.4) is 0 Å². The van der Waals surface area contributed by atoms with Crippen molar-refractivity contribution in [2.24, 2.45) is 0 Å². The maximum atomic E-state index is 13.8. The fourth-order valence-corrected chi connectivity index (χ4v) is 5.03.